The second kappa shape index (κ2) is 8.47. The summed E-state index contributed by atoms with van der Waals surface area (Å²) in [4.78, 5) is 3.21. The van der Waals surface area contributed by atoms with Crippen LogP contribution < -0.4 is 0 Å². The Bertz CT molecular complexity index is 286. The number of hydrogen-bond donors (Lipinski definition) is 1. The summed E-state index contributed by atoms with van der Waals surface area (Å²) >= 11 is 0. The third kappa shape index (κ3) is 4.94. The van der Waals surface area contributed by atoms with Gasteiger partial charge in [-0.2, -0.15) is 0 Å². The minimum atomic E-state index is -2.44. The fourth-order valence-corrected chi connectivity index (χ4v) is 4.63. The molecule has 0 aliphatic heterocycles. The molecule has 1 aromatic rings. The Morgan fingerprint density at radius 2 is 1.67 bits per heavy atom. The van der Waals surface area contributed by atoms with E-state index in [0.29, 0.717) is 19.8 Å². The third-order valence-electron chi connectivity index (χ3n) is 2.68. The molecular formula is C13H25NO3Si. The summed E-state index contributed by atoms with van der Waals surface area (Å²) in [5.41, 5.74) is 1.25. The Morgan fingerprint density at radius 1 is 1.06 bits per heavy atom. The Kier molecular flexibility index (Phi) is 7.27. The predicted octanol–water partition coefficient (Wildman–Crippen LogP) is 3.00. The van der Waals surface area contributed by atoms with Crippen LogP contribution in [-0.2, 0) is 19.7 Å². The lowest BCUT2D eigenvalue weighted by Crippen LogP contribution is -2.46. The zero-order chi connectivity index (χ0) is 13.3. The second-order valence-corrected chi connectivity index (χ2v) is 6.76. The van der Waals surface area contributed by atoms with Crippen LogP contribution in [-0.4, -0.2) is 33.6 Å². The van der Waals surface area contributed by atoms with Gasteiger partial charge in [-0.05, 0) is 45.7 Å². The fraction of sp³-hybridized carbons (Fsp3) is 0.692. The van der Waals surface area contributed by atoms with E-state index < -0.39 is 8.80 Å². The van der Waals surface area contributed by atoms with Gasteiger partial charge in [0.15, 0.2) is 0 Å². The largest absolute Gasteiger partial charge is 0.500 e. The molecule has 1 rings (SSSR count). The summed E-state index contributed by atoms with van der Waals surface area (Å²) in [6.07, 6.45) is 3.98. The first-order valence-electron chi connectivity index (χ1n) is 6.80. The molecule has 0 radical (unpaired) electrons. The molecule has 1 N–H and O–H groups in total. The molecule has 1 aromatic heterocycles. The Morgan fingerprint density at radius 3 is 2.11 bits per heavy atom. The summed E-state index contributed by atoms with van der Waals surface area (Å²) < 4.78 is 17.4. The van der Waals surface area contributed by atoms with E-state index in [1.165, 1.54) is 5.69 Å². The van der Waals surface area contributed by atoms with Gasteiger partial charge in [-0.1, -0.05) is 0 Å². The monoisotopic (exact) mass is 271 g/mol. The molecule has 0 saturated heterocycles. The molecule has 104 valence electrons. The van der Waals surface area contributed by atoms with Crippen molar-refractivity contribution < 1.29 is 13.3 Å². The highest BCUT2D eigenvalue weighted by Crippen LogP contribution is 2.19. The molecule has 0 spiro atoms. The van der Waals surface area contributed by atoms with Gasteiger partial charge < -0.3 is 18.3 Å². The van der Waals surface area contributed by atoms with Crippen molar-refractivity contribution in [1.29, 1.82) is 0 Å². The van der Waals surface area contributed by atoms with E-state index in [1.54, 1.807) is 0 Å². The number of aromatic nitrogens is 1. The molecule has 0 aromatic carbocycles. The molecule has 1 heterocycles. The molecule has 0 unspecified atom stereocenters. The first-order valence-corrected chi connectivity index (χ1v) is 8.73. The number of rotatable bonds is 10. The van der Waals surface area contributed by atoms with Crippen LogP contribution in [0, 0.1) is 0 Å². The second-order valence-electron chi connectivity index (χ2n) is 4.03. The van der Waals surface area contributed by atoms with E-state index >= 15 is 0 Å². The van der Waals surface area contributed by atoms with Crippen LogP contribution in [0.2, 0.25) is 6.04 Å². The molecule has 0 aliphatic rings. The van der Waals surface area contributed by atoms with E-state index in [2.05, 4.69) is 11.1 Å². The van der Waals surface area contributed by atoms with Crippen LogP contribution >= 0.6 is 0 Å². The van der Waals surface area contributed by atoms with Crippen LogP contribution in [0.15, 0.2) is 18.3 Å². The first-order chi connectivity index (χ1) is 8.76. The van der Waals surface area contributed by atoms with Crippen molar-refractivity contribution in [3.63, 3.8) is 0 Å². The van der Waals surface area contributed by atoms with E-state index in [-0.39, 0.29) is 0 Å². The predicted molar refractivity (Wildman–Crippen MR) is 74.6 cm³/mol. The van der Waals surface area contributed by atoms with Crippen molar-refractivity contribution in [2.24, 2.45) is 0 Å². The van der Waals surface area contributed by atoms with Gasteiger partial charge in [0.1, 0.15) is 0 Å². The normalized spacial score (nSPS) is 11.9. The Balaban J connectivity index is 2.47. The maximum Gasteiger partial charge on any atom is 0.500 e. The fourth-order valence-electron chi connectivity index (χ4n) is 2.02. The molecule has 5 heteroatoms. The summed E-state index contributed by atoms with van der Waals surface area (Å²) in [6.45, 7) is 7.92. The quantitative estimate of drug-likeness (QED) is 0.665. The van der Waals surface area contributed by atoms with Crippen molar-refractivity contribution in [2.75, 3.05) is 19.8 Å². The molecule has 18 heavy (non-hydrogen) atoms. The van der Waals surface area contributed by atoms with E-state index in [4.69, 9.17) is 13.3 Å². The highest BCUT2D eigenvalue weighted by atomic mass is 28.4. The number of nitrogens with one attached hydrogen (secondary N) is 1. The Labute approximate surface area is 111 Å². The van der Waals surface area contributed by atoms with Gasteiger partial charge in [-0.25, -0.2) is 0 Å². The topological polar surface area (TPSA) is 43.5 Å². The summed E-state index contributed by atoms with van der Waals surface area (Å²) in [5.74, 6) is 0. The lowest BCUT2D eigenvalue weighted by Gasteiger charge is -2.28. The van der Waals surface area contributed by atoms with Gasteiger partial charge in [0.05, 0.1) is 0 Å². The SMILES string of the molecule is CCO[Si](CCCc1ccc[nH]1)(OCC)OCC. The van der Waals surface area contributed by atoms with Gasteiger partial charge >= 0.3 is 8.80 Å². The van der Waals surface area contributed by atoms with Crippen molar-refractivity contribution in [1.82, 2.24) is 4.98 Å². The van der Waals surface area contributed by atoms with Gasteiger partial charge in [0.2, 0.25) is 0 Å². The molecular weight excluding hydrogens is 246 g/mol. The minimum absolute atomic E-state index is 0.648. The summed E-state index contributed by atoms with van der Waals surface area (Å²) in [5, 5.41) is 0. The third-order valence-corrected chi connectivity index (χ3v) is 5.84. The molecule has 0 aliphatic carbocycles. The summed E-state index contributed by atoms with van der Waals surface area (Å²) in [7, 11) is -2.44. The molecule has 0 fully saturated rings. The summed E-state index contributed by atoms with van der Waals surface area (Å²) in [6, 6.07) is 5.00. The van der Waals surface area contributed by atoms with Crippen LogP contribution in [0.3, 0.4) is 0 Å². The van der Waals surface area contributed by atoms with Crippen LogP contribution in [0.25, 0.3) is 0 Å². The molecule has 4 nitrogen and oxygen atoms in total. The standard InChI is InChI=1S/C13H25NO3Si/c1-4-15-18(16-5-2,17-6-3)12-8-10-13-9-7-11-14-13/h7,9,11,14H,4-6,8,10,12H2,1-3H3. The lowest BCUT2D eigenvalue weighted by atomic mass is 10.3. The van der Waals surface area contributed by atoms with Gasteiger partial charge in [-0.3, -0.25) is 0 Å². The maximum atomic E-state index is 5.81. The van der Waals surface area contributed by atoms with Crippen LogP contribution in [0.5, 0.6) is 0 Å². The highest BCUT2D eigenvalue weighted by molar-refractivity contribution is 6.60. The molecule has 0 atom stereocenters. The van der Waals surface area contributed by atoms with Crippen molar-refractivity contribution >= 4 is 8.80 Å². The van der Waals surface area contributed by atoms with E-state index in [0.717, 1.165) is 18.9 Å². The highest BCUT2D eigenvalue weighted by Gasteiger charge is 2.39. The number of aromatic amines is 1. The van der Waals surface area contributed by atoms with Crippen molar-refractivity contribution in [3.8, 4) is 0 Å². The van der Waals surface area contributed by atoms with Crippen molar-refractivity contribution in [2.45, 2.75) is 39.7 Å². The average Bonchev–Trinajstić information content (AvgIpc) is 2.83. The number of aryl methyl sites for hydroxylation is 1. The Hall–Kier alpha value is -0.623. The van der Waals surface area contributed by atoms with E-state index in [9.17, 15) is 0 Å². The molecule has 0 saturated carbocycles. The number of H-pyrrole nitrogens is 1. The molecule has 0 amide bonds. The lowest BCUT2D eigenvalue weighted by molar-refractivity contribution is 0.0708. The zero-order valence-electron chi connectivity index (χ0n) is 11.7. The first kappa shape index (κ1) is 15.4. The minimum Gasteiger partial charge on any atom is -0.374 e. The maximum absolute atomic E-state index is 5.81. The van der Waals surface area contributed by atoms with Crippen molar-refractivity contribution in [3.05, 3.63) is 24.0 Å². The van der Waals surface area contributed by atoms with Crippen LogP contribution in [0.1, 0.15) is 32.9 Å². The van der Waals surface area contributed by atoms with Crippen LogP contribution in [0.4, 0.5) is 0 Å². The smallest absolute Gasteiger partial charge is 0.374 e. The van der Waals surface area contributed by atoms with Gasteiger partial charge in [0, 0.05) is 37.8 Å². The van der Waals surface area contributed by atoms with E-state index in [1.807, 2.05) is 33.0 Å². The number of hydrogen-bond acceptors (Lipinski definition) is 3. The average molecular weight is 271 g/mol. The van der Waals surface area contributed by atoms with Gasteiger partial charge in [0.25, 0.3) is 0 Å². The van der Waals surface area contributed by atoms with Gasteiger partial charge in [-0.15, -0.1) is 0 Å². The molecule has 0 bridgehead atoms. The zero-order valence-corrected chi connectivity index (χ0v) is 12.7.